The maximum atomic E-state index is 13.8. The van der Waals surface area contributed by atoms with Gasteiger partial charge in [-0.3, -0.25) is 24.0 Å². The summed E-state index contributed by atoms with van der Waals surface area (Å²) >= 11 is 0. The summed E-state index contributed by atoms with van der Waals surface area (Å²) in [6, 6.07) is 0. The Morgan fingerprint density at radius 2 is 0.544 bits per heavy atom. The van der Waals surface area contributed by atoms with Gasteiger partial charge in [0.05, 0.1) is 230 Å². The Labute approximate surface area is 602 Å². The molecular formula is C65H121N5O33. The third-order valence-corrected chi connectivity index (χ3v) is 16.1. The number of nitrogens with one attached hydrogen (secondary N) is 5. The van der Waals surface area contributed by atoms with E-state index in [0.717, 1.165) is 0 Å². The van der Waals surface area contributed by atoms with Crippen molar-refractivity contribution in [3.63, 3.8) is 0 Å². The van der Waals surface area contributed by atoms with Gasteiger partial charge in [-0.05, 0) is 0 Å². The van der Waals surface area contributed by atoms with Crippen LogP contribution in [0.1, 0.15) is 53.4 Å². The number of ether oxygens (including phenoxy) is 19. The molecule has 5 amide bonds. The van der Waals surface area contributed by atoms with Crippen LogP contribution in [0.3, 0.4) is 0 Å². The average molecular weight is 1500 g/mol. The normalized spacial score (nSPS) is 25.6. The molecule has 3 heterocycles. The van der Waals surface area contributed by atoms with Crippen LogP contribution < -0.4 is 26.6 Å². The molecule has 103 heavy (non-hydrogen) atoms. The second-order valence-corrected chi connectivity index (χ2v) is 24.5. The van der Waals surface area contributed by atoms with Crippen LogP contribution in [0.5, 0.6) is 0 Å². The molecule has 15 unspecified atom stereocenters. The lowest BCUT2D eigenvalue weighted by Gasteiger charge is -2.40. The first-order valence-electron chi connectivity index (χ1n) is 35.4. The van der Waals surface area contributed by atoms with Crippen molar-refractivity contribution in [1.82, 2.24) is 26.6 Å². The predicted octanol–water partition coefficient (Wildman–Crippen LogP) is -6.62. The fraction of sp³-hybridized carbons (Fsp3) is 0.923. The monoisotopic (exact) mass is 1500 g/mol. The van der Waals surface area contributed by atoms with E-state index in [4.69, 9.17) is 90.0 Å². The van der Waals surface area contributed by atoms with Gasteiger partial charge in [-0.25, -0.2) is 0 Å². The van der Waals surface area contributed by atoms with Crippen LogP contribution in [0, 0.1) is 17.8 Å². The van der Waals surface area contributed by atoms with Gasteiger partial charge in [-0.2, -0.15) is 0 Å². The highest BCUT2D eigenvalue weighted by atomic mass is 16.7. The summed E-state index contributed by atoms with van der Waals surface area (Å²) in [5.41, 5.74) is -1.43. The van der Waals surface area contributed by atoms with E-state index >= 15 is 0 Å². The maximum absolute atomic E-state index is 13.8. The predicted molar refractivity (Wildman–Crippen MR) is 356 cm³/mol. The SMILES string of the molecule is CC(=O)NCCOCCOCCOCCOCCC(=O)NC(COCCC(=O)NCCOCCOCCOC1OC(CO)C(O)C(O)C1C)(COCCC(=O)NCCOCCOCCOC1OC(CO)C(O)C(O)C1C)COCCC(=O)NCCOCCOCCOC1OC(CO)C(O)C(O)C1C. The molecule has 604 valence electrons. The third-order valence-electron chi connectivity index (χ3n) is 16.1. The van der Waals surface area contributed by atoms with Gasteiger partial charge in [-0.1, -0.05) is 20.8 Å². The topological polar surface area (TPSA) is 503 Å². The number of hydrogen-bond donors (Lipinski definition) is 14. The second kappa shape index (κ2) is 58.3. The molecule has 14 N–H and O–H groups in total. The lowest BCUT2D eigenvalue weighted by Crippen LogP contribution is -2.59. The molecule has 3 fully saturated rings. The molecule has 3 saturated heterocycles. The van der Waals surface area contributed by atoms with Crippen LogP contribution in [0.25, 0.3) is 0 Å². The molecule has 0 saturated carbocycles. The number of carbonyl (C=O) groups excluding carboxylic acids is 5. The van der Waals surface area contributed by atoms with E-state index in [2.05, 4.69) is 26.6 Å². The van der Waals surface area contributed by atoms with Crippen molar-refractivity contribution in [3.8, 4) is 0 Å². The molecule has 0 aromatic carbocycles. The second-order valence-electron chi connectivity index (χ2n) is 24.5. The lowest BCUT2D eigenvalue weighted by molar-refractivity contribution is -0.284. The zero-order chi connectivity index (χ0) is 75.3. The average Bonchev–Trinajstić information content (AvgIpc) is 0.841. The van der Waals surface area contributed by atoms with Crippen molar-refractivity contribution in [1.29, 1.82) is 0 Å². The Bertz CT molecular complexity index is 1990. The molecule has 0 bridgehead atoms. The summed E-state index contributed by atoms with van der Waals surface area (Å²) in [5.74, 6) is -3.33. The summed E-state index contributed by atoms with van der Waals surface area (Å²) in [4.78, 5) is 63.5. The fourth-order valence-electron chi connectivity index (χ4n) is 10.0. The van der Waals surface area contributed by atoms with Gasteiger partial charge in [0.2, 0.25) is 29.5 Å². The highest BCUT2D eigenvalue weighted by Gasteiger charge is 2.45. The summed E-state index contributed by atoms with van der Waals surface area (Å²) in [7, 11) is 0. The first kappa shape index (κ1) is 93.4. The number of aliphatic hydroxyl groups is 9. The highest BCUT2D eigenvalue weighted by Crippen LogP contribution is 2.29. The van der Waals surface area contributed by atoms with Gasteiger partial charge in [0.1, 0.15) is 42.2 Å². The van der Waals surface area contributed by atoms with E-state index < -0.39 is 123 Å². The molecule has 38 heteroatoms. The van der Waals surface area contributed by atoms with Gasteiger partial charge >= 0.3 is 0 Å². The number of rotatable bonds is 64. The Kier molecular flexibility index (Phi) is 52.9. The summed E-state index contributed by atoms with van der Waals surface area (Å²) < 4.78 is 107. The Morgan fingerprint density at radius 3 is 0.816 bits per heavy atom. The van der Waals surface area contributed by atoms with Crippen molar-refractivity contribution in [2.24, 2.45) is 17.8 Å². The molecule has 3 aliphatic heterocycles. The van der Waals surface area contributed by atoms with Crippen LogP contribution in [-0.2, 0) is 114 Å². The number of carbonyl (C=O) groups is 5. The lowest BCUT2D eigenvalue weighted by atomic mass is 9.92. The summed E-state index contributed by atoms with van der Waals surface area (Å²) in [6.07, 6.45) is -12.9. The van der Waals surface area contributed by atoms with Crippen LogP contribution >= 0.6 is 0 Å². The van der Waals surface area contributed by atoms with Crippen LogP contribution in [0.4, 0.5) is 0 Å². The standard InChI is InChI=1S/C65H121N5O33/c1-45-56(79)59(82)49(39-71)101-62(45)98-36-33-92-28-23-87-18-10-67-52(75)5-14-95-42-65(70-55(78)8-13-85-21-26-90-31-32-91-27-22-86-17-9-66-48(4)74,43-96-15-6-53(76)68-11-19-88-24-29-93-34-37-99-63-46(2)57(80)60(83)50(40-72)102-63)44-97-16-7-54(77)69-12-20-89-25-30-94-35-38-100-64-47(3)58(81)61(84)51(41-73)103-64/h45-47,49-51,56-64,71-73,79-84H,5-44H2,1-4H3,(H,66,74)(H,67,75)(H,68,76)(H,69,77)(H,70,78). The number of hydrogen-bond acceptors (Lipinski definition) is 33. The minimum atomic E-state index is -1.43. The van der Waals surface area contributed by atoms with E-state index in [1.54, 1.807) is 20.8 Å². The van der Waals surface area contributed by atoms with E-state index in [1.165, 1.54) is 6.92 Å². The van der Waals surface area contributed by atoms with E-state index in [-0.39, 0.29) is 234 Å². The van der Waals surface area contributed by atoms with Gasteiger partial charge in [0, 0.05) is 76.5 Å². The Morgan fingerprint density at radius 1 is 0.311 bits per heavy atom. The van der Waals surface area contributed by atoms with Gasteiger partial charge in [0.15, 0.2) is 18.9 Å². The molecule has 3 aliphatic rings. The maximum Gasteiger partial charge on any atom is 0.222 e. The molecule has 0 aromatic heterocycles. The molecule has 0 spiro atoms. The number of aliphatic hydroxyl groups excluding tert-OH is 9. The minimum absolute atomic E-state index is 0.00375. The Balaban J connectivity index is 1.50. The van der Waals surface area contributed by atoms with Gasteiger partial charge in [-0.15, -0.1) is 0 Å². The zero-order valence-corrected chi connectivity index (χ0v) is 60.3. The molecule has 0 aromatic rings. The van der Waals surface area contributed by atoms with Crippen molar-refractivity contribution in [2.75, 3.05) is 238 Å². The quantitative estimate of drug-likeness (QED) is 0.0252. The molecular weight excluding hydrogens is 1380 g/mol. The van der Waals surface area contributed by atoms with Crippen LogP contribution in [-0.4, -0.2) is 392 Å². The molecule has 0 aliphatic carbocycles. The van der Waals surface area contributed by atoms with Crippen molar-refractivity contribution in [3.05, 3.63) is 0 Å². The Hall–Kier alpha value is -3.77. The minimum Gasteiger partial charge on any atom is -0.394 e. The van der Waals surface area contributed by atoms with Gasteiger partial charge in [0.25, 0.3) is 0 Å². The van der Waals surface area contributed by atoms with Crippen LogP contribution in [0.15, 0.2) is 0 Å². The molecule has 0 radical (unpaired) electrons. The summed E-state index contributed by atoms with van der Waals surface area (Å²) in [6.45, 7) is 9.46. The van der Waals surface area contributed by atoms with Crippen LogP contribution in [0.2, 0.25) is 0 Å². The van der Waals surface area contributed by atoms with Crippen molar-refractivity contribution >= 4 is 29.5 Å². The third kappa shape index (κ3) is 41.4. The largest absolute Gasteiger partial charge is 0.394 e. The first-order chi connectivity index (χ1) is 49.8. The van der Waals surface area contributed by atoms with E-state index in [0.29, 0.717) is 33.0 Å². The highest BCUT2D eigenvalue weighted by molar-refractivity contribution is 5.77. The van der Waals surface area contributed by atoms with E-state index in [9.17, 15) is 69.9 Å². The smallest absolute Gasteiger partial charge is 0.222 e. The fourth-order valence-corrected chi connectivity index (χ4v) is 10.0. The van der Waals surface area contributed by atoms with Gasteiger partial charge < -0.3 is 163 Å². The number of amides is 5. The summed E-state index contributed by atoms with van der Waals surface area (Å²) in [5, 5.41) is 103. The van der Waals surface area contributed by atoms with Crippen molar-refractivity contribution < 1.29 is 160 Å². The van der Waals surface area contributed by atoms with Crippen molar-refractivity contribution in [2.45, 2.75) is 133 Å². The molecule has 3 rings (SSSR count). The zero-order valence-electron chi connectivity index (χ0n) is 60.3. The molecule has 15 atom stereocenters. The van der Waals surface area contributed by atoms with E-state index in [1.807, 2.05) is 0 Å². The molecule has 38 nitrogen and oxygen atoms in total. The first-order valence-corrected chi connectivity index (χ1v) is 35.4.